The van der Waals surface area contributed by atoms with Crippen molar-refractivity contribution >= 4 is 0 Å². The predicted octanol–water partition coefficient (Wildman–Crippen LogP) is 1.84. The highest BCUT2D eigenvalue weighted by atomic mass is 16.3. The summed E-state index contributed by atoms with van der Waals surface area (Å²) in [5.41, 5.74) is 8.16. The van der Waals surface area contributed by atoms with Crippen molar-refractivity contribution in [3.63, 3.8) is 0 Å². The van der Waals surface area contributed by atoms with Crippen molar-refractivity contribution in [2.45, 2.75) is 32.7 Å². The van der Waals surface area contributed by atoms with E-state index in [0.717, 1.165) is 12.8 Å². The minimum atomic E-state index is 0.176. The first-order valence-corrected chi connectivity index (χ1v) is 4.69. The Morgan fingerprint density at radius 3 is 2.62 bits per heavy atom. The molecular formula is C11H17NO. The molecule has 0 radical (unpaired) electrons. The van der Waals surface area contributed by atoms with E-state index in [4.69, 9.17) is 5.73 Å². The number of aryl methyl sites for hydroxylation is 1. The Kier molecular flexibility index (Phi) is 3.32. The maximum absolute atomic E-state index is 9.27. The molecule has 1 rings (SSSR count). The van der Waals surface area contributed by atoms with Crippen LogP contribution in [0.1, 0.15) is 25.0 Å². The minimum Gasteiger partial charge on any atom is -0.508 e. The Morgan fingerprint density at radius 1 is 1.38 bits per heavy atom. The Bertz CT molecular complexity index is 281. The van der Waals surface area contributed by atoms with Gasteiger partial charge in [-0.15, -0.1) is 0 Å². The van der Waals surface area contributed by atoms with Crippen molar-refractivity contribution in [1.82, 2.24) is 0 Å². The Balaban J connectivity index is 2.92. The normalized spacial score (nSPS) is 12.8. The van der Waals surface area contributed by atoms with Gasteiger partial charge in [-0.05, 0) is 43.0 Å². The molecule has 1 aromatic rings. The van der Waals surface area contributed by atoms with E-state index in [1.807, 2.05) is 19.1 Å². The number of benzene rings is 1. The van der Waals surface area contributed by atoms with E-state index in [0.29, 0.717) is 5.75 Å². The maximum atomic E-state index is 9.27. The quantitative estimate of drug-likeness (QED) is 0.743. The first kappa shape index (κ1) is 10.1. The van der Waals surface area contributed by atoms with E-state index in [1.165, 1.54) is 11.1 Å². The zero-order valence-electron chi connectivity index (χ0n) is 8.25. The molecule has 0 saturated carbocycles. The molecular weight excluding hydrogens is 162 g/mol. The molecule has 0 heterocycles. The molecule has 0 saturated heterocycles. The maximum Gasteiger partial charge on any atom is 0.115 e. The fourth-order valence-electron chi connectivity index (χ4n) is 1.49. The van der Waals surface area contributed by atoms with Crippen molar-refractivity contribution in [1.29, 1.82) is 0 Å². The third-order valence-corrected chi connectivity index (χ3v) is 2.11. The van der Waals surface area contributed by atoms with Crippen LogP contribution in [0, 0.1) is 0 Å². The van der Waals surface area contributed by atoms with Crippen LogP contribution in [-0.4, -0.2) is 11.1 Å². The highest BCUT2D eigenvalue weighted by molar-refractivity contribution is 5.35. The van der Waals surface area contributed by atoms with Gasteiger partial charge in [0, 0.05) is 6.04 Å². The summed E-state index contributed by atoms with van der Waals surface area (Å²) in [6.07, 6.45) is 1.82. The largest absolute Gasteiger partial charge is 0.508 e. The molecule has 1 aromatic carbocycles. The van der Waals surface area contributed by atoms with Crippen molar-refractivity contribution in [2.24, 2.45) is 5.73 Å². The van der Waals surface area contributed by atoms with Gasteiger partial charge >= 0.3 is 0 Å². The van der Waals surface area contributed by atoms with Gasteiger partial charge in [0.2, 0.25) is 0 Å². The van der Waals surface area contributed by atoms with Gasteiger partial charge in [0.25, 0.3) is 0 Å². The molecule has 3 N–H and O–H groups in total. The topological polar surface area (TPSA) is 46.2 Å². The lowest BCUT2D eigenvalue weighted by molar-refractivity contribution is 0.474. The van der Waals surface area contributed by atoms with Gasteiger partial charge in [0.15, 0.2) is 0 Å². The van der Waals surface area contributed by atoms with E-state index in [2.05, 4.69) is 6.92 Å². The Morgan fingerprint density at radius 2 is 2.08 bits per heavy atom. The number of rotatable bonds is 3. The Labute approximate surface area is 79.4 Å². The molecule has 1 atom stereocenters. The zero-order valence-corrected chi connectivity index (χ0v) is 8.25. The lowest BCUT2D eigenvalue weighted by atomic mass is 9.99. The molecule has 2 nitrogen and oxygen atoms in total. The molecule has 13 heavy (non-hydrogen) atoms. The number of aromatic hydroxyl groups is 1. The summed E-state index contributed by atoms with van der Waals surface area (Å²) in [5.74, 6) is 0.338. The van der Waals surface area contributed by atoms with E-state index in [9.17, 15) is 5.11 Å². The molecule has 1 unspecified atom stereocenters. The fraction of sp³-hybridized carbons (Fsp3) is 0.455. The lowest BCUT2D eigenvalue weighted by Crippen LogP contribution is -2.18. The van der Waals surface area contributed by atoms with Crippen molar-refractivity contribution in [2.75, 3.05) is 0 Å². The second-order valence-electron chi connectivity index (χ2n) is 3.49. The number of hydrogen-bond acceptors (Lipinski definition) is 2. The summed E-state index contributed by atoms with van der Waals surface area (Å²) >= 11 is 0. The van der Waals surface area contributed by atoms with Crippen LogP contribution in [0.3, 0.4) is 0 Å². The summed E-state index contributed by atoms with van der Waals surface area (Å²) in [6.45, 7) is 4.08. The summed E-state index contributed by atoms with van der Waals surface area (Å²) in [7, 11) is 0. The van der Waals surface area contributed by atoms with E-state index in [-0.39, 0.29) is 6.04 Å². The summed E-state index contributed by atoms with van der Waals surface area (Å²) in [6, 6.07) is 5.67. The van der Waals surface area contributed by atoms with Crippen molar-refractivity contribution in [3.8, 4) is 5.75 Å². The predicted molar refractivity (Wildman–Crippen MR) is 54.8 cm³/mol. The van der Waals surface area contributed by atoms with Crippen LogP contribution in [0.4, 0.5) is 0 Å². The minimum absolute atomic E-state index is 0.176. The van der Waals surface area contributed by atoms with Crippen molar-refractivity contribution < 1.29 is 5.11 Å². The first-order chi connectivity index (χ1) is 6.13. The fourth-order valence-corrected chi connectivity index (χ4v) is 1.49. The van der Waals surface area contributed by atoms with Gasteiger partial charge in [0.05, 0.1) is 0 Å². The van der Waals surface area contributed by atoms with E-state index >= 15 is 0 Å². The van der Waals surface area contributed by atoms with Crippen LogP contribution >= 0.6 is 0 Å². The van der Waals surface area contributed by atoms with Crippen LogP contribution in [0.15, 0.2) is 18.2 Å². The summed E-state index contributed by atoms with van der Waals surface area (Å²) in [5, 5.41) is 9.27. The van der Waals surface area contributed by atoms with Gasteiger partial charge in [-0.2, -0.15) is 0 Å². The van der Waals surface area contributed by atoms with Crippen LogP contribution in [0.5, 0.6) is 5.75 Å². The number of phenols is 1. The highest BCUT2D eigenvalue weighted by Gasteiger charge is 2.04. The third kappa shape index (κ3) is 2.74. The standard InChI is InChI=1S/C11H17NO/c1-3-9-7-11(13)5-4-10(9)6-8(2)12/h4-5,7-8,13H,3,6,12H2,1-2H3. The van der Waals surface area contributed by atoms with Crippen LogP contribution in [-0.2, 0) is 12.8 Å². The van der Waals surface area contributed by atoms with Crippen LogP contribution in [0.25, 0.3) is 0 Å². The first-order valence-electron chi connectivity index (χ1n) is 4.69. The number of phenolic OH excluding ortho intramolecular Hbond substituents is 1. The monoisotopic (exact) mass is 179 g/mol. The van der Waals surface area contributed by atoms with Crippen molar-refractivity contribution in [3.05, 3.63) is 29.3 Å². The molecule has 0 spiro atoms. The molecule has 0 aromatic heterocycles. The van der Waals surface area contributed by atoms with E-state index < -0.39 is 0 Å². The van der Waals surface area contributed by atoms with Gasteiger partial charge in [0.1, 0.15) is 5.75 Å². The van der Waals surface area contributed by atoms with Crippen LogP contribution < -0.4 is 5.73 Å². The number of nitrogens with two attached hydrogens (primary N) is 1. The zero-order chi connectivity index (χ0) is 9.84. The van der Waals surface area contributed by atoms with E-state index in [1.54, 1.807) is 6.07 Å². The SMILES string of the molecule is CCc1cc(O)ccc1CC(C)N. The van der Waals surface area contributed by atoms with Gasteiger partial charge in [-0.25, -0.2) is 0 Å². The molecule has 72 valence electrons. The molecule has 2 heteroatoms. The second kappa shape index (κ2) is 4.28. The molecule has 0 aliphatic rings. The lowest BCUT2D eigenvalue weighted by Gasteiger charge is -2.10. The molecule has 0 amide bonds. The summed E-state index contributed by atoms with van der Waals surface area (Å²) in [4.78, 5) is 0. The van der Waals surface area contributed by atoms with Gasteiger partial charge < -0.3 is 10.8 Å². The smallest absolute Gasteiger partial charge is 0.115 e. The molecule has 0 aliphatic carbocycles. The average Bonchev–Trinajstić information content (AvgIpc) is 2.07. The molecule has 0 aliphatic heterocycles. The summed E-state index contributed by atoms with van der Waals surface area (Å²) < 4.78 is 0. The number of hydrogen-bond donors (Lipinski definition) is 2. The van der Waals surface area contributed by atoms with Gasteiger partial charge in [-0.3, -0.25) is 0 Å². The average molecular weight is 179 g/mol. The highest BCUT2D eigenvalue weighted by Crippen LogP contribution is 2.18. The van der Waals surface area contributed by atoms with Gasteiger partial charge in [-0.1, -0.05) is 13.0 Å². The Hall–Kier alpha value is -1.02. The third-order valence-electron chi connectivity index (χ3n) is 2.11. The second-order valence-corrected chi connectivity index (χ2v) is 3.49. The molecule has 0 bridgehead atoms. The molecule has 0 fully saturated rings. The van der Waals surface area contributed by atoms with Crippen LogP contribution in [0.2, 0.25) is 0 Å².